The molecule has 0 saturated heterocycles. The predicted octanol–water partition coefficient (Wildman–Crippen LogP) is 6.81. The van der Waals surface area contributed by atoms with Crippen molar-refractivity contribution in [3.8, 4) is 11.8 Å². The highest BCUT2D eigenvalue weighted by atomic mass is 16.5. The van der Waals surface area contributed by atoms with Crippen LogP contribution in [0.2, 0.25) is 0 Å². The minimum atomic E-state index is 0.207. The fraction of sp³-hybridized carbons (Fsp3) is 0.333. The van der Waals surface area contributed by atoms with Crippen LogP contribution in [0.25, 0.3) is 5.57 Å². The van der Waals surface area contributed by atoms with Gasteiger partial charge in [0.15, 0.2) is 0 Å². The van der Waals surface area contributed by atoms with Gasteiger partial charge in [-0.15, -0.1) is 0 Å². The molecule has 0 saturated carbocycles. The van der Waals surface area contributed by atoms with E-state index in [1.807, 2.05) is 36.4 Å². The molecule has 3 rings (SSSR count). The number of benzene rings is 2. The van der Waals surface area contributed by atoms with Gasteiger partial charge in [-0.3, -0.25) is 0 Å². The number of hydrogen-bond donors (Lipinski definition) is 0. The van der Waals surface area contributed by atoms with Crippen LogP contribution >= 0.6 is 0 Å². The lowest BCUT2D eigenvalue weighted by Gasteiger charge is -2.13. The zero-order valence-electron chi connectivity index (χ0n) is 16.9. The Balaban J connectivity index is 1.76. The Morgan fingerprint density at radius 2 is 1.68 bits per heavy atom. The summed E-state index contributed by atoms with van der Waals surface area (Å²) in [6, 6.07) is 20.6. The van der Waals surface area contributed by atoms with Crippen molar-refractivity contribution >= 4 is 5.57 Å². The minimum Gasteiger partial charge on any atom is -0.369 e. The third-order valence-corrected chi connectivity index (χ3v) is 5.07. The van der Waals surface area contributed by atoms with Crippen molar-refractivity contribution in [1.29, 1.82) is 0 Å². The molecule has 2 aromatic carbocycles. The van der Waals surface area contributed by atoms with Crippen molar-refractivity contribution < 1.29 is 4.74 Å². The summed E-state index contributed by atoms with van der Waals surface area (Å²) >= 11 is 0. The molecule has 0 spiro atoms. The summed E-state index contributed by atoms with van der Waals surface area (Å²) < 4.78 is 5.99. The summed E-state index contributed by atoms with van der Waals surface area (Å²) in [5.74, 6) is 6.71. The first-order valence-electron chi connectivity index (χ1n) is 10.5. The molecule has 1 heteroatoms. The quantitative estimate of drug-likeness (QED) is 0.366. The molecule has 1 heterocycles. The van der Waals surface area contributed by atoms with Gasteiger partial charge in [0.2, 0.25) is 0 Å². The topological polar surface area (TPSA) is 9.23 Å². The van der Waals surface area contributed by atoms with E-state index in [0.717, 1.165) is 23.1 Å². The maximum atomic E-state index is 5.99. The van der Waals surface area contributed by atoms with Crippen molar-refractivity contribution in [3.05, 3.63) is 89.5 Å². The normalized spacial score (nSPS) is 16.4. The number of allylic oxidation sites excluding steroid dienone is 1. The molecule has 0 N–H and O–H groups in total. The highest BCUT2D eigenvalue weighted by molar-refractivity contribution is 5.81. The molecule has 1 atom stereocenters. The van der Waals surface area contributed by atoms with E-state index in [1.165, 1.54) is 37.7 Å². The van der Waals surface area contributed by atoms with Crippen LogP contribution in [0.5, 0.6) is 0 Å². The maximum absolute atomic E-state index is 5.99. The molecule has 0 amide bonds. The van der Waals surface area contributed by atoms with E-state index in [2.05, 4.69) is 55.2 Å². The number of unbranched alkanes of at least 4 members (excludes halogenated alkanes) is 4. The molecule has 1 aliphatic heterocycles. The van der Waals surface area contributed by atoms with Gasteiger partial charge in [0.25, 0.3) is 0 Å². The first-order chi connectivity index (χ1) is 13.9. The van der Waals surface area contributed by atoms with Gasteiger partial charge >= 0.3 is 0 Å². The summed E-state index contributed by atoms with van der Waals surface area (Å²) in [5, 5.41) is 0. The van der Waals surface area contributed by atoms with Crippen molar-refractivity contribution in [3.63, 3.8) is 0 Å². The van der Waals surface area contributed by atoms with E-state index in [0.29, 0.717) is 6.61 Å². The number of ether oxygens (including phenoxy) is 1. The van der Waals surface area contributed by atoms with E-state index in [4.69, 9.17) is 4.74 Å². The van der Waals surface area contributed by atoms with Crippen LogP contribution in [0, 0.1) is 11.8 Å². The average molecular weight is 371 g/mol. The van der Waals surface area contributed by atoms with Crippen LogP contribution in [0.1, 0.15) is 56.6 Å². The molecular formula is C27H30O. The van der Waals surface area contributed by atoms with Crippen LogP contribution in [0.15, 0.2) is 78.4 Å². The second-order valence-electron chi connectivity index (χ2n) is 7.27. The third kappa shape index (κ3) is 6.25. The van der Waals surface area contributed by atoms with Crippen molar-refractivity contribution in [2.45, 2.75) is 51.6 Å². The second kappa shape index (κ2) is 11.3. The molecule has 1 unspecified atom stereocenters. The Bertz CT molecular complexity index is 834. The van der Waals surface area contributed by atoms with Gasteiger partial charge < -0.3 is 4.74 Å². The molecule has 2 aromatic rings. The molecular weight excluding hydrogens is 340 g/mol. The van der Waals surface area contributed by atoms with Crippen LogP contribution in [-0.2, 0) is 4.74 Å². The highest BCUT2D eigenvalue weighted by Gasteiger charge is 2.18. The fourth-order valence-corrected chi connectivity index (χ4v) is 3.46. The van der Waals surface area contributed by atoms with Gasteiger partial charge in [-0.1, -0.05) is 105 Å². The fourth-order valence-electron chi connectivity index (χ4n) is 3.46. The highest BCUT2D eigenvalue weighted by Crippen LogP contribution is 2.25. The van der Waals surface area contributed by atoms with Crippen LogP contribution in [0.4, 0.5) is 0 Å². The zero-order chi connectivity index (χ0) is 19.4. The van der Waals surface area contributed by atoms with Gasteiger partial charge in [-0.05, 0) is 35.8 Å². The zero-order valence-corrected chi connectivity index (χ0v) is 16.9. The van der Waals surface area contributed by atoms with Crippen molar-refractivity contribution in [1.82, 2.24) is 0 Å². The SMILES string of the molecule is CCCCCCCC1OCC=C1/C=C(/C#Cc1ccccc1)c1ccccc1. The predicted molar refractivity (Wildman–Crippen MR) is 119 cm³/mol. The van der Waals surface area contributed by atoms with Gasteiger partial charge in [0.05, 0.1) is 12.7 Å². The Kier molecular flexibility index (Phi) is 8.16. The molecule has 1 aliphatic rings. The summed E-state index contributed by atoms with van der Waals surface area (Å²) in [6.07, 6.45) is 12.2. The van der Waals surface area contributed by atoms with E-state index in [-0.39, 0.29) is 6.10 Å². The Morgan fingerprint density at radius 3 is 2.43 bits per heavy atom. The molecule has 0 aliphatic carbocycles. The maximum Gasteiger partial charge on any atom is 0.0827 e. The van der Waals surface area contributed by atoms with E-state index in [1.54, 1.807) is 0 Å². The first kappa shape index (κ1) is 20.2. The lowest BCUT2D eigenvalue weighted by Crippen LogP contribution is -2.09. The number of rotatable bonds is 8. The van der Waals surface area contributed by atoms with Gasteiger partial charge in [-0.2, -0.15) is 0 Å². The second-order valence-corrected chi connectivity index (χ2v) is 7.27. The van der Waals surface area contributed by atoms with E-state index >= 15 is 0 Å². The summed E-state index contributed by atoms with van der Waals surface area (Å²) in [4.78, 5) is 0. The van der Waals surface area contributed by atoms with Gasteiger partial charge in [0.1, 0.15) is 0 Å². The molecule has 0 bridgehead atoms. The molecule has 28 heavy (non-hydrogen) atoms. The van der Waals surface area contributed by atoms with Crippen LogP contribution in [-0.4, -0.2) is 12.7 Å². The van der Waals surface area contributed by atoms with Gasteiger partial charge in [-0.25, -0.2) is 0 Å². The molecule has 144 valence electrons. The lowest BCUT2D eigenvalue weighted by molar-refractivity contribution is 0.115. The summed E-state index contributed by atoms with van der Waals surface area (Å²) in [6.45, 7) is 2.97. The third-order valence-electron chi connectivity index (χ3n) is 5.07. The van der Waals surface area contributed by atoms with E-state index in [9.17, 15) is 0 Å². The van der Waals surface area contributed by atoms with Crippen molar-refractivity contribution in [2.75, 3.05) is 6.61 Å². The average Bonchev–Trinajstić information content (AvgIpc) is 3.19. The Morgan fingerprint density at radius 1 is 0.964 bits per heavy atom. The molecule has 1 nitrogen and oxygen atoms in total. The molecule has 0 aromatic heterocycles. The van der Waals surface area contributed by atoms with Crippen LogP contribution in [0.3, 0.4) is 0 Å². The standard InChI is InChI=1S/C27H30O/c1-2-3-4-5-12-17-27-26(20-21-28-27)22-25(24-15-10-7-11-16-24)19-18-23-13-8-6-9-14-23/h6-11,13-16,20,22,27H,2-5,12,17,21H2,1H3/b25-22-. The monoisotopic (exact) mass is 370 g/mol. The van der Waals surface area contributed by atoms with E-state index < -0.39 is 0 Å². The largest absolute Gasteiger partial charge is 0.369 e. The van der Waals surface area contributed by atoms with Crippen molar-refractivity contribution in [2.24, 2.45) is 0 Å². The first-order valence-corrected chi connectivity index (χ1v) is 10.5. The minimum absolute atomic E-state index is 0.207. The van der Waals surface area contributed by atoms with Crippen LogP contribution < -0.4 is 0 Å². The van der Waals surface area contributed by atoms with Gasteiger partial charge in [0, 0.05) is 11.1 Å². The summed E-state index contributed by atoms with van der Waals surface area (Å²) in [5.41, 5.74) is 4.52. The lowest BCUT2D eigenvalue weighted by atomic mass is 9.98. The number of hydrogen-bond acceptors (Lipinski definition) is 1. The summed E-state index contributed by atoms with van der Waals surface area (Å²) in [7, 11) is 0. The molecule has 0 fully saturated rings. The Labute approximate surface area is 170 Å². The smallest absolute Gasteiger partial charge is 0.0827 e. The molecule has 0 radical (unpaired) electrons. The Hall–Kier alpha value is -2.56.